The Labute approximate surface area is 160 Å². The number of aromatic nitrogens is 1. The average molecular weight is 379 g/mol. The van der Waals surface area contributed by atoms with Crippen LogP contribution in [0.25, 0.3) is 0 Å². The second-order valence-corrected chi connectivity index (χ2v) is 8.32. The van der Waals surface area contributed by atoms with Gasteiger partial charge in [0.05, 0.1) is 17.2 Å². The van der Waals surface area contributed by atoms with Crippen molar-refractivity contribution < 1.29 is 9.59 Å². The van der Waals surface area contributed by atoms with Crippen molar-refractivity contribution in [3.05, 3.63) is 15.6 Å². The molecule has 1 aromatic heterocycles. The van der Waals surface area contributed by atoms with E-state index in [1.165, 1.54) is 24.2 Å². The van der Waals surface area contributed by atoms with Crippen LogP contribution in [-0.2, 0) is 11.2 Å². The highest BCUT2D eigenvalue weighted by Crippen LogP contribution is 2.21. The lowest BCUT2D eigenvalue weighted by Gasteiger charge is -2.35. The predicted molar refractivity (Wildman–Crippen MR) is 104 cm³/mol. The first-order chi connectivity index (χ1) is 12.6. The minimum atomic E-state index is 0.0956. The molecule has 0 spiro atoms. The molecule has 2 amide bonds. The molecule has 3 heterocycles. The van der Waals surface area contributed by atoms with E-state index in [0.717, 1.165) is 61.0 Å². The van der Waals surface area contributed by atoms with Crippen molar-refractivity contribution in [2.24, 2.45) is 0 Å². The van der Waals surface area contributed by atoms with Crippen LogP contribution in [0.5, 0.6) is 0 Å². The monoisotopic (exact) mass is 378 g/mol. The highest BCUT2D eigenvalue weighted by atomic mass is 32.1. The second kappa shape index (κ2) is 8.95. The molecule has 0 bridgehead atoms. The summed E-state index contributed by atoms with van der Waals surface area (Å²) in [5.41, 5.74) is 0.843. The van der Waals surface area contributed by atoms with E-state index in [4.69, 9.17) is 0 Å². The SMILES string of the molecule is CCc1nc(C)c(C(=O)N2CCN(CC(=O)N3CCCCCC3)CC2)s1. The predicted octanol–water partition coefficient (Wildman–Crippen LogP) is 2.17. The van der Waals surface area contributed by atoms with E-state index in [-0.39, 0.29) is 11.8 Å². The Hall–Kier alpha value is -1.47. The lowest BCUT2D eigenvalue weighted by molar-refractivity contribution is -0.132. The number of hydrogen-bond donors (Lipinski definition) is 0. The van der Waals surface area contributed by atoms with Gasteiger partial charge in [0.25, 0.3) is 5.91 Å². The number of rotatable bonds is 4. The Bertz CT molecular complexity index is 629. The zero-order valence-electron chi connectivity index (χ0n) is 16.0. The molecular weight excluding hydrogens is 348 g/mol. The largest absolute Gasteiger partial charge is 0.342 e. The van der Waals surface area contributed by atoms with Crippen molar-refractivity contribution in [1.29, 1.82) is 0 Å². The molecule has 2 aliphatic heterocycles. The van der Waals surface area contributed by atoms with E-state index in [1.807, 2.05) is 16.7 Å². The number of likely N-dealkylation sites (tertiary alicyclic amines) is 1. The van der Waals surface area contributed by atoms with Crippen LogP contribution in [-0.4, -0.2) is 77.3 Å². The number of carbonyl (C=O) groups is 2. The minimum absolute atomic E-state index is 0.0956. The van der Waals surface area contributed by atoms with Crippen molar-refractivity contribution >= 4 is 23.2 Å². The van der Waals surface area contributed by atoms with Gasteiger partial charge in [0, 0.05) is 39.3 Å². The van der Waals surface area contributed by atoms with Crippen molar-refractivity contribution in [3.63, 3.8) is 0 Å². The highest BCUT2D eigenvalue weighted by molar-refractivity contribution is 7.13. The Morgan fingerprint density at radius 2 is 1.62 bits per heavy atom. The van der Waals surface area contributed by atoms with Gasteiger partial charge in [-0.1, -0.05) is 19.8 Å². The van der Waals surface area contributed by atoms with Crippen LogP contribution in [0, 0.1) is 6.92 Å². The third-order valence-corrected chi connectivity index (χ3v) is 6.60. The van der Waals surface area contributed by atoms with Gasteiger partial charge in [0.1, 0.15) is 4.88 Å². The molecule has 144 valence electrons. The fraction of sp³-hybridized carbons (Fsp3) is 0.737. The Morgan fingerprint density at radius 3 is 2.19 bits per heavy atom. The number of thiazole rings is 1. The topological polar surface area (TPSA) is 56.8 Å². The maximum absolute atomic E-state index is 12.8. The quantitative estimate of drug-likeness (QED) is 0.806. The summed E-state index contributed by atoms with van der Waals surface area (Å²) >= 11 is 1.52. The Morgan fingerprint density at radius 1 is 0.962 bits per heavy atom. The normalized spacial score (nSPS) is 19.5. The van der Waals surface area contributed by atoms with Crippen molar-refractivity contribution in [1.82, 2.24) is 19.7 Å². The van der Waals surface area contributed by atoms with E-state index < -0.39 is 0 Å². The summed E-state index contributed by atoms with van der Waals surface area (Å²) in [6, 6.07) is 0. The molecule has 0 N–H and O–H groups in total. The van der Waals surface area contributed by atoms with E-state index in [0.29, 0.717) is 19.6 Å². The molecular formula is C19H30N4O2S. The van der Waals surface area contributed by atoms with Crippen molar-refractivity contribution in [3.8, 4) is 0 Å². The third kappa shape index (κ3) is 4.62. The maximum Gasteiger partial charge on any atom is 0.265 e. The third-order valence-electron chi connectivity index (χ3n) is 5.31. The number of piperazine rings is 1. The first kappa shape index (κ1) is 19.3. The van der Waals surface area contributed by atoms with Gasteiger partial charge in [-0.05, 0) is 26.2 Å². The first-order valence-electron chi connectivity index (χ1n) is 9.84. The second-order valence-electron chi connectivity index (χ2n) is 7.24. The van der Waals surface area contributed by atoms with E-state index in [9.17, 15) is 9.59 Å². The zero-order chi connectivity index (χ0) is 18.5. The van der Waals surface area contributed by atoms with Crippen LogP contribution >= 0.6 is 11.3 Å². The molecule has 0 aliphatic carbocycles. The Kier molecular flexibility index (Phi) is 6.64. The first-order valence-corrected chi connectivity index (χ1v) is 10.7. The molecule has 0 aromatic carbocycles. The van der Waals surface area contributed by atoms with Crippen LogP contribution in [0.1, 0.15) is 53.0 Å². The van der Waals surface area contributed by atoms with E-state index in [1.54, 1.807) is 0 Å². The molecule has 7 heteroatoms. The molecule has 0 radical (unpaired) electrons. The standard InChI is InChI=1S/C19H30N4O2S/c1-3-16-20-15(2)18(26-16)19(25)23-12-10-21(11-13-23)14-17(24)22-8-6-4-5-7-9-22/h3-14H2,1-2H3. The molecule has 26 heavy (non-hydrogen) atoms. The van der Waals surface area contributed by atoms with Crippen molar-refractivity contribution in [2.75, 3.05) is 45.8 Å². The number of nitrogens with zero attached hydrogens (tertiary/aromatic N) is 4. The summed E-state index contributed by atoms with van der Waals surface area (Å²) in [4.78, 5) is 36.7. The van der Waals surface area contributed by atoms with Crippen LogP contribution in [0.4, 0.5) is 0 Å². The number of carbonyl (C=O) groups excluding carboxylic acids is 2. The summed E-state index contributed by atoms with van der Waals surface area (Å²) in [6.45, 7) is 9.18. The summed E-state index contributed by atoms with van der Waals surface area (Å²) in [5, 5.41) is 1.02. The molecule has 0 unspecified atom stereocenters. The lowest BCUT2D eigenvalue weighted by Crippen LogP contribution is -2.51. The molecule has 2 saturated heterocycles. The lowest BCUT2D eigenvalue weighted by atomic mass is 10.2. The molecule has 0 saturated carbocycles. The molecule has 3 rings (SSSR count). The van der Waals surface area contributed by atoms with Crippen LogP contribution in [0.15, 0.2) is 0 Å². The van der Waals surface area contributed by atoms with Gasteiger partial charge in [-0.3, -0.25) is 14.5 Å². The van der Waals surface area contributed by atoms with Gasteiger partial charge in [-0.15, -0.1) is 11.3 Å². The number of amides is 2. The summed E-state index contributed by atoms with van der Waals surface area (Å²) < 4.78 is 0. The fourth-order valence-corrected chi connectivity index (χ4v) is 4.64. The Balaban J connectivity index is 1.49. The fourth-order valence-electron chi connectivity index (χ4n) is 3.67. The number of aryl methyl sites for hydroxylation is 2. The van der Waals surface area contributed by atoms with E-state index >= 15 is 0 Å². The van der Waals surface area contributed by atoms with Gasteiger partial charge in [0.15, 0.2) is 0 Å². The molecule has 6 nitrogen and oxygen atoms in total. The molecule has 2 aliphatic rings. The average Bonchev–Trinajstić information content (AvgIpc) is 2.85. The highest BCUT2D eigenvalue weighted by Gasteiger charge is 2.27. The summed E-state index contributed by atoms with van der Waals surface area (Å²) in [7, 11) is 0. The zero-order valence-corrected chi connectivity index (χ0v) is 16.8. The van der Waals surface area contributed by atoms with Gasteiger partial charge in [0.2, 0.25) is 5.91 Å². The molecule has 1 aromatic rings. The van der Waals surface area contributed by atoms with Crippen LogP contribution < -0.4 is 0 Å². The van der Waals surface area contributed by atoms with Gasteiger partial charge < -0.3 is 9.80 Å². The van der Waals surface area contributed by atoms with Gasteiger partial charge in [-0.25, -0.2) is 4.98 Å². The minimum Gasteiger partial charge on any atom is -0.342 e. The maximum atomic E-state index is 12.8. The van der Waals surface area contributed by atoms with E-state index in [2.05, 4.69) is 16.8 Å². The van der Waals surface area contributed by atoms with Crippen molar-refractivity contribution in [2.45, 2.75) is 46.0 Å². The smallest absolute Gasteiger partial charge is 0.265 e. The summed E-state index contributed by atoms with van der Waals surface area (Å²) in [6.07, 6.45) is 5.59. The number of hydrogen-bond acceptors (Lipinski definition) is 5. The van der Waals surface area contributed by atoms with Gasteiger partial charge in [-0.2, -0.15) is 0 Å². The summed E-state index contributed by atoms with van der Waals surface area (Å²) in [5.74, 6) is 0.343. The van der Waals surface area contributed by atoms with Crippen LogP contribution in [0.3, 0.4) is 0 Å². The molecule has 0 atom stereocenters. The van der Waals surface area contributed by atoms with Crippen LogP contribution in [0.2, 0.25) is 0 Å². The van der Waals surface area contributed by atoms with Gasteiger partial charge >= 0.3 is 0 Å². The molecule has 2 fully saturated rings.